The molecule has 1 saturated carbocycles. The molecule has 2 atom stereocenters. The second kappa shape index (κ2) is 6.88. The van der Waals surface area contributed by atoms with Crippen LogP contribution >= 0.6 is 0 Å². The third kappa shape index (κ3) is 4.22. The normalized spacial score (nSPS) is 28.0. The highest BCUT2D eigenvalue weighted by atomic mass is 15.2. The van der Waals surface area contributed by atoms with E-state index in [0.717, 1.165) is 13.1 Å². The van der Waals surface area contributed by atoms with Crippen molar-refractivity contribution in [3.63, 3.8) is 0 Å². The van der Waals surface area contributed by atoms with Gasteiger partial charge in [0.15, 0.2) is 0 Å². The third-order valence-corrected chi connectivity index (χ3v) is 4.45. The highest BCUT2D eigenvalue weighted by molar-refractivity contribution is 4.96. The molecule has 18 heavy (non-hydrogen) atoms. The third-order valence-electron chi connectivity index (χ3n) is 4.45. The Hall–Kier alpha value is -0.120. The number of likely N-dealkylation sites (N-methyl/N-ethyl adjacent to an activating group) is 1. The van der Waals surface area contributed by atoms with Gasteiger partial charge < -0.3 is 10.6 Å². The number of hydrogen-bond donors (Lipinski definition) is 1. The Bertz CT molecular complexity index is 238. The molecule has 108 valence electrons. The zero-order chi connectivity index (χ0) is 13.8. The molecule has 1 fully saturated rings. The van der Waals surface area contributed by atoms with Crippen LogP contribution in [-0.2, 0) is 0 Å². The fourth-order valence-electron chi connectivity index (χ4n) is 3.10. The van der Waals surface area contributed by atoms with Crippen LogP contribution in [0.4, 0.5) is 0 Å². The molecule has 3 nitrogen and oxygen atoms in total. The Labute approximate surface area is 114 Å². The second-order valence-corrected chi connectivity index (χ2v) is 6.81. The number of hydrogen-bond acceptors (Lipinski definition) is 3. The SMILES string of the molecule is CCCN(CCN(C)C)C1CCCC(C)(C)C1N. The van der Waals surface area contributed by atoms with Gasteiger partial charge in [0.05, 0.1) is 0 Å². The summed E-state index contributed by atoms with van der Waals surface area (Å²) in [5, 5.41) is 0. The minimum atomic E-state index is 0.299. The summed E-state index contributed by atoms with van der Waals surface area (Å²) in [4.78, 5) is 4.90. The molecule has 0 spiro atoms. The summed E-state index contributed by atoms with van der Waals surface area (Å²) in [5.74, 6) is 0. The molecule has 0 heterocycles. The largest absolute Gasteiger partial charge is 0.326 e. The molecular weight excluding hydrogens is 222 g/mol. The monoisotopic (exact) mass is 255 g/mol. The quantitative estimate of drug-likeness (QED) is 0.789. The highest BCUT2D eigenvalue weighted by Crippen LogP contribution is 2.36. The van der Waals surface area contributed by atoms with Crippen molar-refractivity contribution >= 4 is 0 Å². The molecule has 0 radical (unpaired) electrons. The van der Waals surface area contributed by atoms with E-state index < -0.39 is 0 Å². The second-order valence-electron chi connectivity index (χ2n) is 6.81. The summed E-state index contributed by atoms with van der Waals surface area (Å²) < 4.78 is 0. The summed E-state index contributed by atoms with van der Waals surface area (Å²) in [6.45, 7) is 10.4. The Morgan fingerprint density at radius 2 is 1.83 bits per heavy atom. The van der Waals surface area contributed by atoms with Crippen LogP contribution in [0.3, 0.4) is 0 Å². The molecular formula is C15H33N3. The van der Waals surface area contributed by atoms with E-state index in [1.807, 2.05) is 0 Å². The molecule has 2 N–H and O–H groups in total. The zero-order valence-corrected chi connectivity index (χ0v) is 13.1. The first kappa shape index (κ1) is 15.9. The van der Waals surface area contributed by atoms with Crippen molar-refractivity contribution in [1.29, 1.82) is 0 Å². The summed E-state index contributed by atoms with van der Waals surface area (Å²) >= 11 is 0. The molecule has 0 bridgehead atoms. The Balaban J connectivity index is 2.65. The van der Waals surface area contributed by atoms with Crippen LogP contribution < -0.4 is 5.73 Å². The highest BCUT2D eigenvalue weighted by Gasteiger charge is 2.38. The summed E-state index contributed by atoms with van der Waals surface area (Å²) in [7, 11) is 4.30. The molecule has 0 aromatic rings. The van der Waals surface area contributed by atoms with Crippen molar-refractivity contribution in [2.45, 2.75) is 58.5 Å². The van der Waals surface area contributed by atoms with Gasteiger partial charge in [-0.3, -0.25) is 4.90 Å². The topological polar surface area (TPSA) is 32.5 Å². The first-order chi connectivity index (χ1) is 8.38. The van der Waals surface area contributed by atoms with Gasteiger partial charge in [-0.15, -0.1) is 0 Å². The van der Waals surface area contributed by atoms with Crippen molar-refractivity contribution in [2.75, 3.05) is 33.7 Å². The van der Waals surface area contributed by atoms with Gasteiger partial charge in [0, 0.05) is 25.2 Å². The standard InChI is InChI=1S/C15H33N3/c1-6-10-18(12-11-17(4)5)13-8-7-9-15(2,3)14(13)16/h13-14H,6-12,16H2,1-5H3. The summed E-state index contributed by atoms with van der Waals surface area (Å²) in [6, 6.07) is 0.897. The molecule has 2 unspecified atom stereocenters. The Kier molecular flexibility index (Phi) is 6.09. The number of rotatable bonds is 6. The lowest BCUT2D eigenvalue weighted by atomic mass is 9.70. The number of nitrogens with two attached hydrogens (primary N) is 1. The molecule has 1 aliphatic rings. The van der Waals surface area contributed by atoms with Gasteiger partial charge in [0.25, 0.3) is 0 Å². The molecule has 0 saturated heterocycles. The van der Waals surface area contributed by atoms with E-state index in [0.29, 0.717) is 17.5 Å². The average molecular weight is 255 g/mol. The van der Waals surface area contributed by atoms with E-state index >= 15 is 0 Å². The smallest absolute Gasteiger partial charge is 0.0252 e. The van der Waals surface area contributed by atoms with Crippen molar-refractivity contribution in [3.8, 4) is 0 Å². The van der Waals surface area contributed by atoms with Crippen molar-refractivity contribution < 1.29 is 0 Å². The van der Waals surface area contributed by atoms with E-state index in [1.54, 1.807) is 0 Å². The van der Waals surface area contributed by atoms with Crippen LogP contribution in [0.1, 0.15) is 46.5 Å². The van der Waals surface area contributed by atoms with Gasteiger partial charge >= 0.3 is 0 Å². The lowest BCUT2D eigenvalue weighted by Gasteiger charge is -2.47. The molecule has 3 heteroatoms. The van der Waals surface area contributed by atoms with E-state index in [9.17, 15) is 0 Å². The van der Waals surface area contributed by atoms with E-state index in [-0.39, 0.29) is 0 Å². The van der Waals surface area contributed by atoms with Gasteiger partial charge in [-0.1, -0.05) is 27.2 Å². The zero-order valence-electron chi connectivity index (χ0n) is 13.1. The van der Waals surface area contributed by atoms with Gasteiger partial charge in [0.2, 0.25) is 0 Å². The van der Waals surface area contributed by atoms with Crippen molar-refractivity contribution in [3.05, 3.63) is 0 Å². The predicted molar refractivity (Wildman–Crippen MR) is 79.8 cm³/mol. The molecule has 0 aliphatic heterocycles. The van der Waals surface area contributed by atoms with E-state index in [1.165, 1.54) is 32.2 Å². The van der Waals surface area contributed by atoms with Crippen LogP contribution in [0.2, 0.25) is 0 Å². The molecule has 1 rings (SSSR count). The van der Waals surface area contributed by atoms with Crippen LogP contribution in [0, 0.1) is 5.41 Å². The van der Waals surface area contributed by atoms with E-state index in [4.69, 9.17) is 5.73 Å². The Morgan fingerprint density at radius 3 is 2.39 bits per heavy atom. The maximum Gasteiger partial charge on any atom is 0.0252 e. The summed E-state index contributed by atoms with van der Waals surface area (Å²) in [6.07, 6.45) is 5.10. The van der Waals surface area contributed by atoms with Crippen LogP contribution in [0.5, 0.6) is 0 Å². The number of nitrogens with zero attached hydrogens (tertiary/aromatic N) is 2. The Morgan fingerprint density at radius 1 is 1.17 bits per heavy atom. The first-order valence-electron chi connectivity index (χ1n) is 7.53. The van der Waals surface area contributed by atoms with Crippen LogP contribution in [-0.4, -0.2) is 55.6 Å². The fraction of sp³-hybridized carbons (Fsp3) is 1.00. The van der Waals surface area contributed by atoms with E-state index in [2.05, 4.69) is 44.7 Å². The maximum atomic E-state index is 6.54. The molecule has 1 aliphatic carbocycles. The van der Waals surface area contributed by atoms with Crippen molar-refractivity contribution in [1.82, 2.24) is 9.80 Å². The fourth-order valence-corrected chi connectivity index (χ4v) is 3.10. The summed E-state index contributed by atoms with van der Waals surface area (Å²) in [5.41, 5.74) is 6.84. The van der Waals surface area contributed by atoms with Gasteiger partial charge in [0.1, 0.15) is 0 Å². The van der Waals surface area contributed by atoms with Gasteiger partial charge in [-0.05, 0) is 45.3 Å². The lowest BCUT2D eigenvalue weighted by Crippen LogP contribution is -2.57. The minimum absolute atomic E-state index is 0.299. The average Bonchev–Trinajstić information content (AvgIpc) is 2.28. The van der Waals surface area contributed by atoms with Crippen molar-refractivity contribution in [2.24, 2.45) is 11.1 Å². The predicted octanol–water partition coefficient (Wildman–Crippen LogP) is 2.17. The van der Waals surface area contributed by atoms with Gasteiger partial charge in [-0.2, -0.15) is 0 Å². The maximum absolute atomic E-state index is 6.54. The van der Waals surface area contributed by atoms with Crippen LogP contribution in [0.25, 0.3) is 0 Å². The lowest BCUT2D eigenvalue weighted by molar-refractivity contribution is 0.0635. The molecule has 0 aromatic carbocycles. The van der Waals surface area contributed by atoms with Gasteiger partial charge in [-0.25, -0.2) is 0 Å². The van der Waals surface area contributed by atoms with Crippen LogP contribution in [0.15, 0.2) is 0 Å². The molecule has 0 amide bonds. The first-order valence-corrected chi connectivity index (χ1v) is 7.53. The minimum Gasteiger partial charge on any atom is -0.326 e. The molecule has 0 aromatic heterocycles.